The molecule has 1 amide bonds. The molecule has 3 unspecified atom stereocenters. The summed E-state index contributed by atoms with van der Waals surface area (Å²) >= 11 is 0. The lowest BCUT2D eigenvalue weighted by molar-refractivity contribution is -0.123. The minimum Gasteiger partial charge on any atom is -0.486 e. The molecule has 1 saturated carbocycles. The Kier molecular flexibility index (Phi) is 6.20. The first-order chi connectivity index (χ1) is 14.6. The van der Waals surface area contributed by atoms with Crippen LogP contribution < -0.4 is 20.1 Å². The zero-order chi connectivity index (χ0) is 20.9. The van der Waals surface area contributed by atoms with E-state index in [4.69, 9.17) is 14.7 Å². The molecule has 3 atom stereocenters. The van der Waals surface area contributed by atoms with Crippen LogP contribution in [0.5, 0.6) is 11.5 Å². The van der Waals surface area contributed by atoms with E-state index in [0.29, 0.717) is 25.2 Å². The average molecular weight is 405 g/mol. The van der Waals surface area contributed by atoms with Crippen molar-refractivity contribution in [2.24, 2.45) is 5.92 Å². The zero-order valence-corrected chi connectivity index (χ0v) is 17.2. The highest BCUT2D eigenvalue weighted by Gasteiger charge is 2.42. The number of nitrogens with zero attached hydrogens (tertiary/aromatic N) is 1. The summed E-state index contributed by atoms with van der Waals surface area (Å²) in [5.41, 5.74) is 3.63. The summed E-state index contributed by atoms with van der Waals surface area (Å²) in [5.74, 6) is 2.18. The monoisotopic (exact) mass is 405 g/mol. The van der Waals surface area contributed by atoms with Crippen LogP contribution in [0.25, 0.3) is 11.1 Å². The van der Waals surface area contributed by atoms with Gasteiger partial charge in [-0.3, -0.25) is 4.79 Å². The third kappa shape index (κ3) is 4.58. The van der Waals surface area contributed by atoms with Gasteiger partial charge in [0.2, 0.25) is 5.91 Å². The number of hydrogen-bond acceptors (Lipinski definition) is 5. The van der Waals surface area contributed by atoms with E-state index in [1.165, 1.54) is 17.5 Å². The second kappa shape index (κ2) is 9.19. The lowest BCUT2D eigenvalue weighted by atomic mass is 9.99. The molecular formula is C24H27N3O3. The van der Waals surface area contributed by atoms with Gasteiger partial charge in [0.1, 0.15) is 19.8 Å². The van der Waals surface area contributed by atoms with E-state index in [9.17, 15) is 4.79 Å². The van der Waals surface area contributed by atoms with Gasteiger partial charge in [-0.05, 0) is 55.4 Å². The standard InChI is InChI=1S/C15H14O2.C9H13N3O/c1-11-2-4-12(5-3-11)13-6-7-14-15(10-13)17-9-8-16-14;10-3-4-11-9(13)8-6-1-2-7(5-6)12-8/h2-7,10H,8-9H2,1H3;6-8,12H,1-2,4-5H2,(H,11,13). The maximum Gasteiger partial charge on any atom is 0.238 e. The van der Waals surface area contributed by atoms with E-state index in [1.807, 2.05) is 18.2 Å². The molecule has 5 rings (SSSR count). The number of fused-ring (bicyclic) bond motifs is 3. The van der Waals surface area contributed by atoms with E-state index in [1.54, 1.807) is 0 Å². The van der Waals surface area contributed by atoms with Crippen molar-refractivity contribution in [3.63, 3.8) is 0 Å². The van der Waals surface area contributed by atoms with Crippen molar-refractivity contribution in [1.82, 2.24) is 10.6 Å². The summed E-state index contributed by atoms with van der Waals surface area (Å²) in [5, 5.41) is 14.2. The first kappa shape index (κ1) is 20.2. The first-order valence-electron chi connectivity index (χ1n) is 10.5. The van der Waals surface area contributed by atoms with Gasteiger partial charge in [0.15, 0.2) is 11.5 Å². The fourth-order valence-electron chi connectivity index (χ4n) is 4.36. The normalized spacial score (nSPS) is 23.1. The van der Waals surface area contributed by atoms with Gasteiger partial charge in [0, 0.05) is 6.04 Å². The molecular weight excluding hydrogens is 378 g/mol. The van der Waals surface area contributed by atoms with Gasteiger partial charge in [0.25, 0.3) is 0 Å². The number of carbonyl (C=O) groups is 1. The van der Waals surface area contributed by atoms with Crippen LogP contribution in [-0.4, -0.2) is 37.7 Å². The second-order valence-corrected chi connectivity index (χ2v) is 8.01. The zero-order valence-electron chi connectivity index (χ0n) is 17.2. The number of nitriles is 1. The minimum absolute atomic E-state index is 0.00579. The van der Waals surface area contributed by atoms with Crippen LogP contribution in [0.4, 0.5) is 0 Å². The topological polar surface area (TPSA) is 83.4 Å². The summed E-state index contributed by atoms with van der Waals surface area (Å²) in [4.78, 5) is 11.5. The van der Waals surface area contributed by atoms with Gasteiger partial charge in [-0.15, -0.1) is 0 Å². The Morgan fingerprint density at radius 1 is 1.10 bits per heavy atom. The molecule has 0 spiro atoms. The molecule has 1 aliphatic carbocycles. The van der Waals surface area contributed by atoms with Gasteiger partial charge < -0.3 is 20.1 Å². The van der Waals surface area contributed by atoms with E-state index >= 15 is 0 Å². The molecule has 6 heteroatoms. The van der Waals surface area contributed by atoms with Crippen LogP contribution in [0.15, 0.2) is 42.5 Å². The quantitative estimate of drug-likeness (QED) is 0.767. The van der Waals surface area contributed by atoms with Gasteiger partial charge in [0.05, 0.1) is 12.1 Å². The predicted molar refractivity (Wildman–Crippen MR) is 114 cm³/mol. The van der Waals surface area contributed by atoms with Crippen LogP contribution in [0.2, 0.25) is 0 Å². The lowest BCUT2D eigenvalue weighted by Crippen LogP contribution is -2.47. The van der Waals surface area contributed by atoms with Crippen molar-refractivity contribution < 1.29 is 14.3 Å². The Morgan fingerprint density at radius 2 is 1.83 bits per heavy atom. The van der Waals surface area contributed by atoms with Gasteiger partial charge in [-0.25, -0.2) is 0 Å². The molecule has 2 aromatic carbocycles. The predicted octanol–water partition coefficient (Wildman–Crippen LogP) is 3.20. The van der Waals surface area contributed by atoms with E-state index in [0.717, 1.165) is 29.9 Å². The Hall–Kier alpha value is -3.04. The van der Waals surface area contributed by atoms with Gasteiger partial charge >= 0.3 is 0 Å². The summed E-state index contributed by atoms with van der Waals surface area (Å²) < 4.78 is 11.1. The number of nitrogens with one attached hydrogen (secondary N) is 2. The fraction of sp³-hybridized carbons (Fsp3) is 0.417. The highest BCUT2D eigenvalue weighted by molar-refractivity contribution is 5.82. The molecule has 0 aromatic heterocycles. The average Bonchev–Trinajstić information content (AvgIpc) is 3.42. The number of ether oxygens (including phenoxy) is 2. The molecule has 2 fully saturated rings. The summed E-state index contributed by atoms with van der Waals surface area (Å²) in [6, 6.07) is 17.0. The number of rotatable bonds is 3. The molecule has 6 nitrogen and oxygen atoms in total. The number of amides is 1. The van der Waals surface area contributed by atoms with Crippen LogP contribution >= 0.6 is 0 Å². The number of hydrogen-bond donors (Lipinski definition) is 2. The summed E-state index contributed by atoms with van der Waals surface area (Å²) in [7, 11) is 0. The van der Waals surface area contributed by atoms with Gasteiger partial charge in [-0.2, -0.15) is 5.26 Å². The molecule has 2 bridgehead atoms. The summed E-state index contributed by atoms with van der Waals surface area (Å²) in [6.45, 7) is 3.48. The Labute approximate surface area is 177 Å². The van der Waals surface area contributed by atoms with E-state index in [2.05, 4.69) is 47.9 Å². The molecule has 2 N–H and O–H groups in total. The number of aryl methyl sites for hydroxylation is 1. The molecule has 156 valence electrons. The van der Waals surface area contributed by atoms with Crippen LogP contribution in [-0.2, 0) is 4.79 Å². The smallest absolute Gasteiger partial charge is 0.238 e. The molecule has 3 aliphatic rings. The third-order valence-electron chi connectivity index (χ3n) is 5.91. The Bertz CT molecular complexity index is 936. The largest absolute Gasteiger partial charge is 0.486 e. The van der Waals surface area contributed by atoms with Crippen molar-refractivity contribution in [2.45, 2.75) is 38.3 Å². The van der Waals surface area contributed by atoms with Crippen molar-refractivity contribution in [3.8, 4) is 28.7 Å². The fourth-order valence-corrected chi connectivity index (χ4v) is 4.36. The van der Waals surface area contributed by atoms with E-state index < -0.39 is 0 Å². The van der Waals surface area contributed by atoms with E-state index in [-0.39, 0.29) is 18.5 Å². The third-order valence-corrected chi connectivity index (χ3v) is 5.91. The van der Waals surface area contributed by atoms with Crippen LogP contribution in [0.1, 0.15) is 24.8 Å². The van der Waals surface area contributed by atoms with Crippen LogP contribution in [0.3, 0.4) is 0 Å². The highest BCUT2D eigenvalue weighted by atomic mass is 16.6. The molecule has 2 heterocycles. The number of piperidine rings is 1. The number of benzene rings is 2. The Morgan fingerprint density at radius 3 is 2.50 bits per heavy atom. The maximum absolute atomic E-state index is 11.5. The van der Waals surface area contributed by atoms with Crippen molar-refractivity contribution in [3.05, 3.63) is 48.0 Å². The summed E-state index contributed by atoms with van der Waals surface area (Å²) in [6.07, 6.45) is 3.49. The molecule has 2 aliphatic heterocycles. The molecule has 30 heavy (non-hydrogen) atoms. The SMILES string of the molecule is Cc1ccc(-c2ccc3c(c2)OCCO3)cc1.N#CCNC(=O)C1NC2CCC1C2. The van der Waals surface area contributed by atoms with Gasteiger partial charge in [-0.1, -0.05) is 35.9 Å². The van der Waals surface area contributed by atoms with Crippen LogP contribution in [0, 0.1) is 24.2 Å². The second-order valence-electron chi connectivity index (χ2n) is 8.01. The first-order valence-corrected chi connectivity index (χ1v) is 10.5. The van der Waals surface area contributed by atoms with Crippen molar-refractivity contribution in [2.75, 3.05) is 19.8 Å². The molecule has 0 radical (unpaired) electrons. The Balaban J connectivity index is 0.000000151. The lowest BCUT2D eigenvalue weighted by Gasteiger charge is -2.21. The minimum atomic E-state index is -0.0351. The van der Waals surface area contributed by atoms with Crippen molar-refractivity contribution in [1.29, 1.82) is 5.26 Å². The number of carbonyl (C=O) groups excluding carboxylic acids is 1. The molecule has 2 aromatic rings. The van der Waals surface area contributed by atoms with Crippen molar-refractivity contribution >= 4 is 5.91 Å². The maximum atomic E-state index is 11.5. The molecule has 1 saturated heterocycles. The highest BCUT2D eigenvalue weighted by Crippen LogP contribution is 2.35.